The third-order valence-electron chi connectivity index (χ3n) is 0. The molecule has 0 aliphatic heterocycles. The molecule has 15 heteroatoms. The van der Waals surface area contributed by atoms with Gasteiger partial charge in [-0.05, 0) is 0 Å². The van der Waals surface area contributed by atoms with E-state index in [0.717, 1.165) is 0 Å². The number of halogens is 12. The van der Waals surface area contributed by atoms with Gasteiger partial charge in [-0.1, -0.05) is 0 Å². The van der Waals surface area contributed by atoms with Crippen molar-refractivity contribution in [3.05, 3.63) is 0 Å². The monoisotopic (exact) mass is 614 g/mol. The summed E-state index contributed by atoms with van der Waals surface area (Å²) in [6.07, 6.45) is 0. The van der Waals surface area contributed by atoms with Gasteiger partial charge in [0.2, 0.25) is 0 Å². The summed E-state index contributed by atoms with van der Waals surface area (Å²) in [5.41, 5.74) is 0. The van der Waals surface area contributed by atoms with E-state index >= 15 is 0 Å². The first kappa shape index (κ1) is 20.9. The Bertz CT molecular complexity index is 161. The minimum atomic E-state index is -11.3. The third kappa shape index (κ3) is 9180. The maximum atomic E-state index is 9.93. The molecule has 2 N–H and O–H groups in total. The molecule has 0 aromatic heterocycles. The van der Waals surface area contributed by atoms with Crippen molar-refractivity contribution in [2.24, 2.45) is 0 Å². The van der Waals surface area contributed by atoms with E-state index in [-0.39, 0.29) is 5.48 Å². The minimum absolute atomic E-state index is 0. The van der Waals surface area contributed by atoms with Crippen LogP contribution >= 0.6 is 0 Å². The summed E-state index contributed by atoms with van der Waals surface area (Å²) in [4.78, 5) is 0. The van der Waals surface area contributed by atoms with Gasteiger partial charge in [-0.2, -0.15) is 0 Å². The predicted molar refractivity (Wildman–Crippen MR) is 16.9 cm³/mol. The zero-order valence-electron chi connectivity index (χ0n) is 5.85. The molecule has 0 spiro atoms. The molecule has 0 radical (unpaired) electrons. The first-order valence-electron chi connectivity index (χ1n) is 1.85. The fourth-order valence-electron chi connectivity index (χ4n) is 0. The fourth-order valence-corrected chi connectivity index (χ4v) is 0. The van der Waals surface area contributed by atoms with Crippen molar-refractivity contribution in [3.8, 4) is 0 Å². The second kappa shape index (κ2) is 2.84. The average molecular weight is 614 g/mol. The van der Waals surface area contributed by atoms with Crippen LogP contribution in [0.3, 0.4) is 0 Å². The van der Waals surface area contributed by atoms with E-state index in [9.17, 15) is 37.9 Å². The van der Waals surface area contributed by atoms with E-state index in [0.29, 0.717) is 0 Å². The molecular weight excluding hydrogens is 612 g/mol. The van der Waals surface area contributed by atoms with E-state index in [1.54, 1.807) is 0 Å². The summed E-state index contributed by atoms with van der Waals surface area (Å²) in [5, 5.41) is 0. The van der Waals surface area contributed by atoms with Gasteiger partial charge >= 0.3 is 71.3 Å². The molecule has 0 aliphatic rings. The zero-order chi connectivity index (χ0) is 12.8. The van der Waals surface area contributed by atoms with Crippen LogP contribution in [-0.2, 0) is 33.4 Å². The molecule has 0 saturated heterocycles. The topological polar surface area (TPSA) is 31.5 Å². The van der Waals surface area contributed by atoms with Crippen molar-refractivity contribution in [1.29, 1.82) is 0 Å². The van der Waals surface area contributed by atoms with E-state index in [2.05, 4.69) is 0 Å². The van der Waals surface area contributed by atoms with Crippen molar-refractivity contribution < 1.29 is 76.8 Å². The van der Waals surface area contributed by atoms with E-state index < -0.39 is 33.4 Å². The summed E-state index contributed by atoms with van der Waals surface area (Å²) in [6.45, 7) is 0. The van der Waals surface area contributed by atoms with Crippen LogP contribution in [0.5, 0.6) is 0 Å². The molecule has 0 fully saturated rings. The molecule has 0 aliphatic carbocycles. The molecule has 0 amide bonds. The van der Waals surface area contributed by atoms with E-state index in [1.165, 1.54) is 0 Å². The van der Waals surface area contributed by atoms with Crippen molar-refractivity contribution in [1.82, 2.24) is 0 Å². The molecule has 0 bridgehead atoms. The van der Waals surface area contributed by atoms with Crippen LogP contribution in [0.15, 0.2) is 0 Å². The first-order chi connectivity index (χ1) is 4.90. The normalized spacial score (nSPS) is 21.6. The summed E-state index contributed by atoms with van der Waals surface area (Å²) in [6, 6.07) is 0. The van der Waals surface area contributed by atoms with Crippen molar-refractivity contribution >= 4 is 0 Å². The molecular formula is H2F12OW2. The van der Waals surface area contributed by atoms with Gasteiger partial charge < -0.3 is 5.48 Å². The molecule has 15 heavy (non-hydrogen) atoms. The molecule has 0 atom stereocenters. The SMILES string of the molecule is O.[F][W]([F])([F])([F])([F])[F].[F][W]([F])([F])([F])([F])[F]. The van der Waals surface area contributed by atoms with Gasteiger partial charge in [-0.3, -0.25) is 0 Å². The Labute approximate surface area is 77.1 Å². The second-order valence-corrected chi connectivity index (χ2v) is 14.3. The Morgan fingerprint density at radius 1 is 0.333 bits per heavy atom. The van der Waals surface area contributed by atoms with Crippen molar-refractivity contribution in [2.45, 2.75) is 0 Å². The standard InChI is InChI=1S/12FH.H2O.2W/h12*1H;1H2;;/q;;;;;;;;;;;;;2*+6/p-12. The van der Waals surface area contributed by atoms with Crippen LogP contribution in [0.2, 0.25) is 0 Å². The maximum absolute atomic E-state index is 11.3. The van der Waals surface area contributed by atoms with Gasteiger partial charge in [0.15, 0.2) is 0 Å². The van der Waals surface area contributed by atoms with Gasteiger partial charge in [-0.15, -0.1) is 0 Å². The zero-order valence-corrected chi connectivity index (χ0v) is 11.7. The first-order valence-corrected chi connectivity index (χ1v) is 15.2. The molecule has 0 unspecified atom stereocenters. The average Bonchev–Trinajstić information content (AvgIpc) is 0.938. The second-order valence-electron chi connectivity index (χ2n) is 1.75. The summed E-state index contributed by atoms with van der Waals surface area (Å²) >= 11 is -22.6. The summed E-state index contributed by atoms with van der Waals surface area (Å²) in [7, 11) is 0. The quantitative estimate of drug-likeness (QED) is 0.367. The van der Waals surface area contributed by atoms with Gasteiger partial charge in [0.05, 0.1) is 0 Å². The van der Waals surface area contributed by atoms with Gasteiger partial charge in [0.1, 0.15) is 0 Å². The Hall–Kier alpha value is 0.497. The Morgan fingerprint density at radius 2 is 0.333 bits per heavy atom. The summed E-state index contributed by atoms with van der Waals surface area (Å²) in [5.74, 6) is 0. The fraction of sp³-hybridized carbons (Fsp3) is 0. The van der Waals surface area contributed by atoms with E-state index in [4.69, 9.17) is 0 Å². The van der Waals surface area contributed by atoms with E-state index in [1.807, 2.05) is 0 Å². The number of hydrogen-bond acceptors (Lipinski definition) is 0. The molecule has 0 rings (SSSR count). The van der Waals surface area contributed by atoms with Crippen LogP contribution in [0.25, 0.3) is 0 Å². The van der Waals surface area contributed by atoms with Crippen LogP contribution in [0.1, 0.15) is 0 Å². The van der Waals surface area contributed by atoms with Crippen LogP contribution < -0.4 is 0 Å². The Balaban J connectivity index is -0.000000180. The molecule has 0 saturated carbocycles. The van der Waals surface area contributed by atoms with Gasteiger partial charge in [0.25, 0.3) is 0 Å². The van der Waals surface area contributed by atoms with Crippen molar-refractivity contribution in [3.63, 3.8) is 0 Å². The van der Waals surface area contributed by atoms with Gasteiger partial charge in [0, 0.05) is 0 Å². The molecule has 104 valence electrons. The third-order valence-corrected chi connectivity index (χ3v) is 0. The molecule has 0 heterocycles. The van der Waals surface area contributed by atoms with Gasteiger partial charge in [-0.25, -0.2) is 0 Å². The van der Waals surface area contributed by atoms with Crippen LogP contribution in [0.4, 0.5) is 37.9 Å². The Kier molecular flexibility index (Phi) is 3.95. The predicted octanol–water partition coefficient (Wildman–Crippen LogP) is 4.21. The van der Waals surface area contributed by atoms with Crippen LogP contribution in [-0.4, -0.2) is 5.48 Å². The van der Waals surface area contributed by atoms with Crippen molar-refractivity contribution in [2.75, 3.05) is 0 Å². The number of rotatable bonds is 0. The number of hydrogen-bond donors (Lipinski definition) is 0. The molecule has 1 nitrogen and oxygen atoms in total. The van der Waals surface area contributed by atoms with Crippen LogP contribution in [0, 0.1) is 0 Å². The Morgan fingerprint density at radius 3 is 0.333 bits per heavy atom. The molecule has 0 aromatic rings. The molecule has 0 aromatic carbocycles. The summed E-state index contributed by atoms with van der Waals surface area (Å²) < 4.78 is 119.